The van der Waals surface area contributed by atoms with Gasteiger partial charge in [0.25, 0.3) is 0 Å². The number of hydrazone groups is 1. The highest BCUT2D eigenvalue weighted by atomic mass is 35.5. The van der Waals surface area contributed by atoms with Crippen molar-refractivity contribution in [2.45, 2.75) is 27.2 Å². The minimum absolute atomic E-state index is 0.0866. The Kier molecular flexibility index (Phi) is 7.29. The fourth-order valence-electron chi connectivity index (χ4n) is 1.82. The SMILES string of the molecule is C=C(C)COc1cc(Cl)ccc1C(CC)=NN(CC)P(=O)(O)O. The first-order chi connectivity index (χ1) is 10.7. The molecule has 0 bridgehead atoms. The molecule has 0 aliphatic carbocycles. The van der Waals surface area contributed by atoms with Crippen LogP contribution in [0.4, 0.5) is 0 Å². The number of benzene rings is 1. The van der Waals surface area contributed by atoms with Gasteiger partial charge in [-0.25, -0.2) is 9.34 Å². The maximum atomic E-state index is 11.4. The van der Waals surface area contributed by atoms with E-state index in [0.29, 0.717) is 35.1 Å². The van der Waals surface area contributed by atoms with Crippen molar-refractivity contribution in [3.8, 4) is 5.75 Å². The summed E-state index contributed by atoms with van der Waals surface area (Å²) < 4.78 is 17.9. The molecule has 0 unspecified atom stereocenters. The van der Waals surface area contributed by atoms with Crippen LogP contribution in [0.25, 0.3) is 0 Å². The molecule has 0 saturated carbocycles. The lowest BCUT2D eigenvalue weighted by Gasteiger charge is -2.20. The van der Waals surface area contributed by atoms with Gasteiger partial charge in [-0.3, -0.25) is 0 Å². The minimum atomic E-state index is -4.45. The van der Waals surface area contributed by atoms with Crippen LogP contribution in [0.1, 0.15) is 32.8 Å². The van der Waals surface area contributed by atoms with Gasteiger partial charge in [0.1, 0.15) is 12.4 Å². The van der Waals surface area contributed by atoms with Gasteiger partial charge in [-0.05, 0) is 44.0 Å². The van der Waals surface area contributed by atoms with Gasteiger partial charge in [0.15, 0.2) is 0 Å². The zero-order chi connectivity index (χ0) is 17.6. The Hall–Kier alpha value is -1.33. The molecular weight excluding hydrogens is 339 g/mol. The summed E-state index contributed by atoms with van der Waals surface area (Å²) in [5.41, 5.74) is 1.99. The lowest BCUT2D eigenvalue weighted by atomic mass is 10.1. The molecule has 0 aromatic heterocycles. The van der Waals surface area contributed by atoms with E-state index in [2.05, 4.69) is 11.7 Å². The molecule has 0 amide bonds. The van der Waals surface area contributed by atoms with Crippen molar-refractivity contribution in [2.75, 3.05) is 13.2 Å². The van der Waals surface area contributed by atoms with Gasteiger partial charge >= 0.3 is 7.75 Å². The van der Waals surface area contributed by atoms with Gasteiger partial charge in [0, 0.05) is 17.1 Å². The number of rotatable bonds is 8. The Morgan fingerprint density at radius 1 is 1.43 bits per heavy atom. The Balaban J connectivity index is 3.28. The van der Waals surface area contributed by atoms with Crippen LogP contribution < -0.4 is 4.74 Å². The van der Waals surface area contributed by atoms with Gasteiger partial charge in [0.05, 0.1) is 5.71 Å². The number of halogens is 1. The zero-order valence-corrected chi connectivity index (χ0v) is 15.1. The van der Waals surface area contributed by atoms with Crippen LogP contribution in [0.2, 0.25) is 5.02 Å². The molecular formula is C15H22ClN2O4P. The van der Waals surface area contributed by atoms with Crippen molar-refractivity contribution < 1.29 is 19.1 Å². The summed E-state index contributed by atoms with van der Waals surface area (Å²) in [6, 6.07) is 5.06. The highest BCUT2D eigenvalue weighted by Gasteiger charge is 2.23. The molecule has 8 heteroatoms. The second-order valence-electron chi connectivity index (χ2n) is 4.99. The summed E-state index contributed by atoms with van der Waals surface area (Å²) in [4.78, 5) is 18.6. The molecule has 23 heavy (non-hydrogen) atoms. The fraction of sp³-hybridized carbons (Fsp3) is 0.400. The first-order valence-electron chi connectivity index (χ1n) is 7.17. The Labute approximate surface area is 141 Å². The van der Waals surface area contributed by atoms with Crippen LogP contribution in [0.3, 0.4) is 0 Å². The Bertz CT molecular complexity index is 642. The molecule has 1 aromatic rings. The van der Waals surface area contributed by atoms with Crippen LogP contribution in [0.5, 0.6) is 5.75 Å². The van der Waals surface area contributed by atoms with Crippen molar-refractivity contribution >= 4 is 25.1 Å². The lowest BCUT2D eigenvalue weighted by molar-refractivity contribution is 0.280. The van der Waals surface area contributed by atoms with E-state index < -0.39 is 7.75 Å². The van der Waals surface area contributed by atoms with E-state index in [1.807, 2.05) is 13.8 Å². The first-order valence-corrected chi connectivity index (χ1v) is 9.11. The molecule has 1 aromatic carbocycles. The van der Waals surface area contributed by atoms with Crippen LogP contribution in [-0.4, -0.2) is 33.4 Å². The predicted octanol–water partition coefficient (Wildman–Crippen LogP) is 3.82. The van der Waals surface area contributed by atoms with Crippen molar-refractivity contribution in [3.05, 3.63) is 40.9 Å². The standard InChI is InChI=1S/C15H22ClN2O4P/c1-5-14(17-18(6-2)23(19,20)21)13-8-7-12(16)9-15(13)22-10-11(3)4/h7-9H,3,5-6,10H2,1-2,4H3,(H2,19,20,21). The molecule has 2 N–H and O–H groups in total. The van der Waals surface area contributed by atoms with Crippen LogP contribution in [-0.2, 0) is 4.57 Å². The monoisotopic (exact) mass is 360 g/mol. The van der Waals surface area contributed by atoms with Crippen LogP contribution in [0, 0.1) is 0 Å². The Morgan fingerprint density at radius 2 is 2.09 bits per heavy atom. The van der Waals surface area contributed by atoms with E-state index in [4.69, 9.17) is 16.3 Å². The summed E-state index contributed by atoms with van der Waals surface area (Å²) in [5.74, 6) is 0.503. The van der Waals surface area contributed by atoms with Crippen LogP contribution >= 0.6 is 19.3 Å². The van der Waals surface area contributed by atoms with E-state index >= 15 is 0 Å². The van der Waals surface area contributed by atoms with E-state index in [1.54, 1.807) is 25.1 Å². The Morgan fingerprint density at radius 3 is 2.57 bits per heavy atom. The third kappa shape index (κ3) is 5.99. The molecule has 0 atom stereocenters. The van der Waals surface area contributed by atoms with E-state index in [-0.39, 0.29) is 6.54 Å². The second kappa shape index (κ2) is 8.50. The third-order valence-corrected chi connectivity index (χ3v) is 4.09. The van der Waals surface area contributed by atoms with Gasteiger partial charge in [-0.2, -0.15) is 5.10 Å². The van der Waals surface area contributed by atoms with Crippen molar-refractivity contribution in [1.82, 2.24) is 4.78 Å². The molecule has 0 saturated heterocycles. The molecule has 0 aliphatic heterocycles. The smallest absolute Gasteiger partial charge is 0.445 e. The second-order valence-corrected chi connectivity index (χ2v) is 6.91. The summed E-state index contributed by atoms with van der Waals surface area (Å²) in [7, 11) is -4.45. The highest BCUT2D eigenvalue weighted by Crippen LogP contribution is 2.40. The van der Waals surface area contributed by atoms with E-state index in [0.717, 1.165) is 10.4 Å². The van der Waals surface area contributed by atoms with Gasteiger partial charge in [-0.15, -0.1) is 0 Å². The van der Waals surface area contributed by atoms with Crippen molar-refractivity contribution in [2.24, 2.45) is 5.10 Å². The summed E-state index contributed by atoms with van der Waals surface area (Å²) >= 11 is 6.01. The molecule has 128 valence electrons. The zero-order valence-electron chi connectivity index (χ0n) is 13.5. The average molecular weight is 361 g/mol. The first kappa shape index (κ1) is 19.7. The largest absolute Gasteiger partial charge is 0.489 e. The molecule has 0 spiro atoms. The molecule has 0 radical (unpaired) electrons. The fourth-order valence-corrected chi connectivity index (χ4v) is 2.58. The maximum absolute atomic E-state index is 11.4. The summed E-state index contributed by atoms with van der Waals surface area (Å²) in [6.45, 7) is 9.50. The number of ether oxygens (including phenoxy) is 1. The van der Waals surface area contributed by atoms with E-state index in [1.165, 1.54) is 0 Å². The summed E-state index contributed by atoms with van der Waals surface area (Å²) in [5, 5.41) is 4.62. The highest BCUT2D eigenvalue weighted by molar-refractivity contribution is 7.49. The number of nitrogens with zero attached hydrogens (tertiary/aromatic N) is 2. The van der Waals surface area contributed by atoms with Crippen molar-refractivity contribution in [3.63, 3.8) is 0 Å². The topological polar surface area (TPSA) is 82.4 Å². The predicted molar refractivity (Wildman–Crippen MR) is 93.0 cm³/mol. The third-order valence-electron chi connectivity index (χ3n) is 2.88. The van der Waals surface area contributed by atoms with Gasteiger partial charge < -0.3 is 14.5 Å². The molecule has 0 aliphatic rings. The average Bonchev–Trinajstić information content (AvgIpc) is 2.46. The van der Waals surface area contributed by atoms with Gasteiger partial charge in [0.2, 0.25) is 0 Å². The van der Waals surface area contributed by atoms with E-state index in [9.17, 15) is 14.4 Å². The molecule has 0 fully saturated rings. The van der Waals surface area contributed by atoms with Gasteiger partial charge in [-0.1, -0.05) is 25.1 Å². The quantitative estimate of drug-likeness (QED) is 0.319. The van der Waals surface area contributed by atoms with Crippen molar-refractivity contribution in [1.29, 1.82) is 0 Å². The molecule has 1 rings (SSSR count). The number of hydrogen-bond donors (Lipinski definition) is 2. The number of hydrogen-bond acceptors (Lipinski definition) is 3. The van der Waals surface area contributed by atoms with Crippen LogP contribution in [0.15, 0.2) is 35.5 Å². The normalized spacial score (nSPS) is 12.2. The minimum Gasteiger partial charge on any atom is -0.489 e. The maximum Gasteiger partial charge on any atom is 0.445 e. The molecule has 6 nitrogen and oxygen atoms in total. The molecule has 0 heterocycles. The summed E-state index contributed by atoms with van der Waals surface area (Å²) in [6.07, 6.45) is 0.474. The lowest BCUT2D eigenvalue weighted by Crippen LogP contribution is -2.17.